The molecule has 0 spiro atoms. The molecular formula is C22H24O8S2. The second-order valence-electron chi connectivity index (χ2n) is 12.5. The summed E-state index contributed by atoms with van der Waals surface area (Å²) < 4.78 is 64.6. The maximum Gasteiger partial charge on any atom is 0.305 e. The van der Waals surface area contributed by atoms with Crippen LogP contribution in [0.5, 0.6) is 0 Å². The second kappa shape index (κ2) is 5.12. The molecule has 4 bridgehead atoms. The van der Waals surface area contributed by atoms with Gasteiger partial charge in [0, 0.05) is 0 Å². The minimum Gasteiger partial charge on any atom is -0.369 e. The Balaban J connectivity index is 1.05. The quantitative estimate of drug-likeness (QED) is 0.496. The predicted molar refractivity (Wildman–Crippen MR) is 104 cm³/mol. The van der Waals surface area contributed by atoms with Crippen molar-refractivity contribution in [1.82, 2.24) is 0 Å². The van der Waals surface area contributed by atoms with Crippen LogP contribution in [0.25, 0.3) is 0 Å². The van der Waals surface area contributed by atoms with Gasteiger partial charge in [-0.2, -0.15) is 8.42 Å². The summed E-state index contributed by atoms with van der Waals surface area (Å²) in [6.07, 6.45) is 1.25. The lowest BCUT2D eigenvalue weighted by Gasteiger charge is -2.31. The molecule has 32 heavy (non-hydrogen) atoms. The molecule has 3 aliphatic heterocycles. The molecule has 3 saturated heterocycles. The Bertz CT molecular complexity index is 887. The molecule has 11 aliphatic rings. The van der Waals surface area contributed by atoms with Gasteiger partial charge in [0.25, 0.3) is 0 Å². The van der Waals surface area contributed by atoms with Gasteiger partial charge in [0.15, 0.2) is 0 Å². The number of hydrogen-bond donors (Lipinski definition) is 0. The van der Waals surface area contributed by atoms with Crippen molar-refractivity contribution < 1.29 is 34.6 Å². The smallest absolute Gasteiger partial charge is 0.305 e. The Kier molecular flexibility index (Phi) is 2.80. The van der Waals surface area contributed by atoms with E-state index in [4.69, 9.17) is 26.2 Å². The minimum absolute atomic E-state index is 0.0452. The lowest BCUT2D eigenvalue weighted by molar-refractivity contribution is -0.0586. The molecule has 0 amide bonds. The minimum atomic E-state index is -1.83. The van der Waals surface area contributed by atoms with Gasteiger partial charge in [-0.3, -0.25) is 16.7 Å². The standard InChI is InChI=1S/C22H24O8S2/c23-31-27-19-11-3-1-4-8-7(3)15(19)25-16(8)20(12(4)11)28-32(24)30-22-14-6-2-5-9-10(6)18(22)26-17(9)21(29-31)13(5)14/h3-22H,1-2H2/t3-,4-,5-,6-,7+,8+,9+,10+,11+,12+,13+,14+,15-,16+,17+,18-,19+,20-,21-,22+,31?,32?/m0/s1. The van der Waals surface area contributed by atoms with Gasteiger partial charge in [0.1, 0.15) is 24.4 Å². The van der Waals surface area contributed by atoms with Crippen LogP contribution < -0.4 is 0 Å². The van der Waals surface area contributed by atoms with E-state index >= 15 is 0 Å². The van der Waals surface area contributed by atoms with Crippen molar-refractivity contribution in [1.29, 1.82) is 0 Å². The van der Waals surface area contributed by atoms with E-state index in [2.05, 4.69) is 0 Å². The van der Waals surface area contributed by atoms with Crippen molar-refractivity contribution in [2.24, 2.45) is 71.0 Å². The summed E-state index contributed by atoms with van der Waals surface area (Å²) in [5.41, 5.74) is 0. The van der Waals surface area contributed by atoms with Gasteiger partial charge in [0.05, 0.1) is 24.4 Å². The fraction of sp³-hybridized carbons (Fsp3) is 1.00. The first-order chi connectivity index (χ1) is 15.7. The van der Waals surface area contributed by atoms with Gasteiger partial charge in [-0.05, 0) is 83.9 Å². The Morgan fingerprint density at radius 3 is 0.938 bits per heavy atom. The zero-order chi connectivity index (χ0) is 20.4. The van der Waals surface area contributed by atoms with Crippen molar-refractivity contribution in [2.45, 2.75) is 61.7 Å². The van der Waals surface area contributed by atoms with E-state index in [0.717, 1.165) is 0 Å². The van der Waals surface area contributed by atoms with Crippen molar-refractivity contribution in [3.8, 4) is 0 Å². The Labute approximate surface area is 190 Å². The Morgan fingerprint density at radius 2 is 0.656 bits per heavy atom. The molecule has 8 saturated carbocycles. The number of fused-ring (bicyclic) bond motifs is 4. The summed E-state index contributed by atoms with van der Waals surface area (Å²) in [4.78, 5) is 0. The van der Waals surface area contributed by atoms with E-state index in [0.29, 0.717) is 47.3 Å². The van der Waals surface area contributed by atoms with Crippen LogP contribution in [0, 0.1) is 71.0 Å². The normalized spacial score (nSPS) is 80.4. The van der Waals surface area contributed by atoms with Crippen LogP contribution in [0.4, 0.5) is 0 Å². The molecule has 0 aromatic heterocycles. The molecule has 2 unspecified atom stereocenters. The van der Waals surface area contributed by atoms with Crippen LogP contribution in [-0.2, 0) is 48.9 Å². The summed E-state index contributed by atoms with van der Waals surface area (Å²) in [7, 11) is 0. The topological polar surface area (TPSA) is 89.5 Å². The fourth-order valence-electron chi connectivity index (χ4n) is 12.6. The van der Waals surface area contributed by atoms with E-state index in [9.17, 15) is 8.42 Å². The number of hydrogen-bond acceptors (Lipinski definition) is 8. The molecule has 10 heteroatoms. The van der Waals surface area contributed by atoms with Crippen molar-refractivity contribution in [2.75, 3.05) is 0 Å². The van der Waals surface area contributed by atoms with E-state index in [1.54, 1.807) is 0 Å². The first kappa shape index (κ1) is 17.5. The summed E-state index contributed by atoms with van der Waals surface area (Å²) >= 11 is -3.65. The fourth-order valence-corrected chi connectivity index (χ4v) is 14.3. The van der Waals surface area contributed by atoms with Gasteiger partial charge in [-0.15, -0.1) is 0 Å². The van der Waals surface area contributed by atoms with E-state index < -0.39 is 22.7 Å². The molecule has 3 heterocycles. The van der Waals surface area contributed by atoms with Crippen LogP contribution in [0.2, 0.25) is 0 Å². The Morgan fingerprint density at radius 1 is 0.406 bits per heavy atom. The molecule has 0 N–H and O–H groups in total. The van der Waals surface area contributed by atoms with Crippen LogP contribution in [0.15, 0.2) is 0 Å². The third kappa shape index (κ3) is 1.55. The molecule has 0 radical (unpaired) electrons. The van der Waals surface area contributed by atoms with Crippen LogP contribution in [0.3, 0.4) is 0 Å². The van der Waals surface area contributed by atoms with Gasteiger partial charge in [0.2, 0.25) is 0 Å². The molecule has 22 atom stereocenters. The molecule has 8 aliphatic carbocycles. The molecular weight excluding hydrogens is 456 g/mol. The third-order valence-corrected chi connectivity index (χ3v) is 14.1. The van der Waals surface area contributed by atoms with E-state index in [1.165, 1.54) is 12.8 Å². The lowest BCUT2D eigenvalue weighted by atomic mass is 9.79. The summed E-state index contributed by atoms with van der Waals surface area (Å²) in [6.45, 7) is 0. The second-order valence-corrected chi connectivity index (χ2v) is 14.1. The first-order valence-electron chi connectivity index (χ1n) is 12.5. The number of ether oxygens (including phenoxy) is 2. The monoisotopic (exact) mass is 480 g/mol. The SMILES string of the molecule is O=S1O[C@@H]2[C@@H]3O[C@@H]4[C@H](OS(=O)O[C@@H]5[C@@H]6O[C@@H]7[C@H](O1)[C@@H]1[C@H]8C[C@H]([C@@H]51)[C@@H]6[C@@H]87)[C@@H]1[C@H]5C[C@H]([C@@H]21)[C@@H]3[C@@H]54. The van der Waals surface area contributed by atoms with Crippen molar-refractivity contribution in [3.05, 3.63) is 0 Å². The summed E-state index contributed by atoms with van der Waals surface area (Å²) in [6, 6.07) is 0. The summed E-state index contributed by atoms with van der Waals surface area (Å²) in [5.74, 6) is 4.95. The third-order valence-electron chi connectivity index (χ3n) is 12.5. The predicted octanol–water partition coefficient (Wildman–Crippen LogP) is 0.516. The zero-order valence-corrected chi connectivity index (χ0v) is 18.7. The molecule has 0 aromatic carbocycles. The van der Waals surface area contributed by atoms with Gasteiger partial charge >= 0.3 is 22.7 Å². The maximum atomic E-state index is 13.3. The average Bonchev–Trinajstić information content (AvgIpc) is 3.53. The highest BCUT2D eigenvalue weighted by atomic mass is 32.2. The molecule has 8 nitrogen and oxygen atoms in total. The molecule has 11 fully saturated rings. The number of rotatable bonds is 0. The van der Waals surface area contributed by atoms with Crippen molar-refractivity contribution in [3.63, 3.8) is 0 Å². The molecule has 172 valence electrons. The highest BCUT2D eigenvalue weighted by molar-refractivity contribution is 7.75. The van der Waals surface area contributed by atoms with E-state index in [1.807, 2.05) is 0 Å². The zero-order valence-electron chi connectivity index (χ0n) is 17.0. The van der Waals surface area contributed by atoms with Crippen LogP contribution >= 0.6 is 0 Å². The van der Waals surface area contributed by atoms with Gasteiger partial charge in [-0.1, -0.05) is 0 Å². The maximum absolute atomic E-state index is 13.3. The van der Waals surface area contributed by atoms with Crippen molar-refractivity contribution >= 4 is 22.7 Å². The Hall–Kier alpha value is 0.0600. The van der Waals surface area contributed by atoms with Gasteiger partial charge < -0.3 is 9.47 Å². The highest BCUT2D eigenvalue weighted by Crippen LogP contribution is 2.77. The average molecular weight is 481 g/mol. The highest BCUT2D eigenvalue weighted by Gasteiger charge is 2.82. The lowest BCUT2D eigenvalue weighted by Crippen LogP contribution is -2.40. The molecule has 0 aromatic rings. The van der Waals surface area contributed by atoms with E-state index in [-0.39, 0.29) is 72.5 Å². The summed E-state index contributed by atoms with van der Waals surface area (Å²) in [5, 5.41) is 0. The van der Waals surface area contributed by atoms with Crippen LogP contribution in [0.1, 0.15) is 12.8 Å². The van der Waals surface area contributed by atoms with Crippen LogP contribution in [-0.4, -0.2) is 57.2 Å². The first-order valence-corrected chi connectivity index (χ1v) is 14.5. The largest absolute Gasteiger partial charge is 0.369 e. The van der Waals surface area contributed by atoms with Gasteiger partial charge in [-0.25, -0.2) is 0 Å². The molecule has 11 rings (SSSR count).